The molecule has 10 heteroatoms. The van der Waals surface area contributed by atoms with Crippen molar-refractivity contribution in [3.05, 3.63) is 65.1 Å². The summed E-state index contributed by atoms with van der Waals surface area (Å²) in [4.78, 5) is 37.4. The molecule has 10 nitrogen and oxygen atoms in total. The van der Waals surface area contributed by atoms with E-state index in [1.54, 1.807) is 24.3 Å². The number of benzene rings is 2. The Morgan fingerprint density at radius 1 is 1.07 bits per heavy atom. The third-order valence-corrected chi connectivity index (χ3v) is 8.03. The Morgan fingerprint density at radius 3 is 2.32 bits per heavy atom. The summed E-state index contributed by atoms with van der Waals surface area (Å²) in [5.74, 6) is -0.0820. The average Bonchev–Trinajstić information content (AvgIpc) is 3.30. The first-order valence-corrected chi connectivity index (χ1v) is 14.8. The van der Waals surface area contributed by atoms with Crippen molar-refractivity contribution in [1.82, 2.24) is 19.4 Å². The summed E-state index contributed by atoms with van der Waals surface area (Å²) >= 11 is 0. The highest BCUT2D eigenvalue weighted by Gasteiger charge is 2.36. The molecule has 1 atom stereocenters. The quantitative estimate of drug-likeness (QED) is 0.251. The lowest BCUT2D eigenvalue weighted by atomic mass is 9.87. The van der Waals surface area contributed by atoms with Crippen LogP contribution in [0.15, 0.2) is 42.7 Å². The molecule has 0 aliphatic carbocycles. The topological polar surface area (TPSA) is 110 Å². The summed E-state index contributed by atoms with van der Waals surface area (Å²) < 4.78 is 14.4. The molecule has 5 rings (SSSR count). The molecular weight excluding hydrogens is 558 g/mol. The van der Waals surface area contributed by atoms with Crippen LogP contribution in [-0.2, 0) is 20.9 Å². The molecule has 1 amide bonds. The molecule has 0 fully saturated rings. The maximum atomic E-state index is 12.9. The average molecular weight is 600 g/mol. The zero-order valence-corrected chi connectivity index (χ0v) is 26.8. The number of likely N-dealkylation sites (N-methyl/N-ethyl adjacent to an activating group) is 1. The van der Waals surface area contributed by atoms with E-state index in [1.807, 2.05) is 46.8 Å². The van der Waals surface area contributed by atoms with E-state index in [0.717, 1.165) is 44.5 Å². The smallest absolute Gasteiger partial charge is 0.337 e. The lowest BCUT2D eigenvalue weighted by Crippen LogP contribution is -2.32. The van der Waals surface area contributed by atoms with Crippen LogP contribution >= 0.6 is 0 Å². The minimum atomic E-state index is -1.20. The van der Waals surface area contributed by atoms with Gasteiger partial charge in [0, 0.05) is 43.7 Å². The van der Waals surface area contributed by atoms with Gasteiger partial charge in [-0.15, -0.1) is 0 Å². The lowest BCUT2D eigenvalue weighted by Gasteiger charge is -2.35. The Hall–Kier alpha value is -4.44. The number of rotatable bonds is 9. The van der Waals surface area contributed by atoms with Gasteiger partial charge < -0.3 is 28.9 Å². The first-order valence-electron chi connectivity index (χ1n) is 14.8. The number of carboxylic acid groups (broad SMARTS) is 1. The molecule has 0 spiro atoms. The molecule has 4 aromatic rings. The molecule has 0 bridgehead atoms. The van der Waals surface area contributed by atoms with Crippen LogP contribution in [0.2, 0.25) is 0 Å². The number of ether oxygens (including phenoxy) is 2. The van der Waals surface area contributed by atoms with Crippen molar-refractivity contribution in [2.45, 2.75) is 66.7 Å². The third-order valence-electron chi connectivity index (χ3n) is 8.03. The van der Waals surface area contributed by atoms with Gasteiger partial charge in [0.1, 0.15) is 6.61 Å². The Balaban J connectivity index is 1.67. The number of anilines is 2. The number of carbonyl (C=O) groups is 2. The number of nitrogens with zero attached hydrogens (tertiary/aromatic N) is 5. The van der Waals surface area contributed by atoms with E-state index in [0.29, 0.717) is 43.5 Å². The number of hydrogen-bond donors (Lipinski definition) is 1. The summed E-state index contributed by atoms with van der Waals surface area (Å²) in [6.07, 6.45) is 2.06. The van der Waals surface area contributed by atoms with Gasteiger partial charge in [0.25, 0.3) is 0 Å². The third kappa shape index (κ3) is 5.99. The fraction of sp³-hybridized carbons (Fsp3) is 0.412. The van der Waals surface area contributed by atoms with Crippen LogP contribution in [-0.4, -0.2) is 68.8 Å². The monoisotopic (exact) mass is 599 g/mol. The highest BCUT2D eigenvalue weighted by molar-refractivity contribution is 6.08. The molecule has 1 aliphatic heterocycles. The summed E-state index contributed by atoms with van der Waals surface area (Å²) in [7, 11) is 1.72. The number of aryl methyl sites for hydroxylation is 2. The fourth-order valence-corrected chi connectivity index (χ4v) is 5.82. The van der Waals surface area contributed by atoms with Gasteiger partial charge in [-0.1, -0.05) is 29.8 Å². The highest BCUT2D eigenvalue weighted by Crippen LogP contribution is 2.49. The number of carboxylic acids is 1. The van der Waals surface area contributed by atoms with Crippen LogP contribution in [0.5, 0.6) is 5.75 Å². The molecule has 232 valence electrons. The number of amides is 1. The van der Waals surface area contributed by atoms with Crippen molar-refractivity contribution in [3.8, 4) is 16.9 Å². The molecule has 0 unspecified atom stereocenters. The van der Waals surface area contributed by atoms with Crippen molar-refractivity contribution in [3.63, 3.8) is 0 Å². The van der Waals surface area contributed by atoms with Crippen molar-refractivity contribution in [2.24, 2.45) is 0 Å². The standard InChI is InChI=1S/C34H41N5O5/c1-20-9-11-24(12-10-20)28-26-17-21(2)38-13-14-39(33-35-18-25(19-36-33)43-16-15-37(8)23(4)40)29(30(26)38)22(3)27(28)31(32(41)42)44-34(5,6)7/h9-12,17-19,31H,13-16H2,1-8H3,(H,41,42)/t31-/m0/s1. The van der Waals surface area contributed by atoms with Crippen LogP contribution in [0, 0.1) is 20.8 Å². The van der Waals surface area contributed by atoms with Gasteiger partial charge in [-0.3, -0.25) is 4.79 Å². The molecule has 44 heavy (non-hydrogen) atoms. The fourth-order valence-electron chi connectivity index (χ4n) is 5.82. The van der Waals surface area contributed by atoms with Gasteiger partial charge in [-0.25, -0.2) is 14.8 Å². The first kappa shape index (κ1) is 31.0. The second-order valence-corrected chi connectivity index (χ2v) is 12.4. The molecule has 1 N–H and O–H groups in total. The Bertz CT molecular complexity index is 1700. The molecule has 0 saturated heterocycles. The SMILES string of the molecule is CC(=O)N(C)CCOc1cnc(N2CCn3c(C)cc4c(-c5ccc(C)cc5)c([C@H](OC(C)(C)C)C(=O)O)c(C)c2c43)nc1. The zero-order chi connectivity index (χ0) is 31.9. The number of aromatic nitrogens is 3. The zero-order valence-electron chi connectivity index (χ0n) is 26.8. The largest absolute Gasteiger partial charge is 0.488 e. The minimum absolute atomic E-state index is 0.0298. The first-order chi connectivity index (χ1) is 20.8. The van der Waals surface area contributed by atoms with E-state index in [1.165, 1.54) is 6.92 Å². The molecule has 2 aromatic carbocycles. The van der Waals surface area contributed by atoms with Crippen LogP contribution in [0.25, 0.3) is 22.0 Å². The van der Waals surface area contributed by atoms with Crippen LogP contribution in [0.3, 0.4) is 0 Å². The molecule has 1 aliphatic rings. The second kappa shape index (κ2) is 11.9. The van der Waals surface area contributed by atoms with Gasteiger partial charge in [0.05, 0.1) is 35.7 Å². The van der Waals surface area contributed by atoms with Crippen LogP contribution in [0.1, 0.15) is 56.2 Å². The maximum Gasteiger partial charge on any atom is 0.337 e. The summed E-state index contributed by atoms with van der Waals surface area (Å²) in [5.41, 5.74) is 6.62. The molecule has 0 radical (unpaired) electrons. The van der Waals surface area contributed by atoms with Crippen molar-refractivity contribution in [2.75, 3.05) is 31.6 Å². The van der Waals surface area contributed by atoms with Gasteiger partial charge >= 0.3 is 5.97 Å². The highest BCUT2D eigenvalue weighted by atomic mass is 16.5. The van der Waals surface area contributed by atoms with Crippen molar-refractivity contribution < 1.29 is 24.2 Å². The van der Waals surface area contributed by atoms with Crippen molar-refractivity contribution >= 4 is 34.4 Å². The Morgan fingerprint density at radius 2 is 1.73 bits per heavy atom. The Kier molecular flexibility index (Phi) is 8.40. The molecule has 3 heterocycles. The molecule has 2 aromatic heterocycles. The van der Waals surface area contributed by atoms with E-state index in [4.69, 9.17) is 9.47 Å². The maximum absolute atomic E-state index is 12.9. The Labute approximate surface area is 258 Å². The normalized spacial score (nSPS) is 13.7. The van der Waals surface area contributed by atoms with E-state index in [-0.39, 0.29) is 5.91 Å². The minimum Gasteiger partial charge on any atom is -0.488 e. The van der Waals surface area contributed by atoms with Gasteiger partial charge in [0.15, 0.2) is 11.9 Å². The van der Waals surface area contributed by atoms with Gasteiger partial charge in [0.2, 0.25) is 11.9 Å². The van der Waals surface area contributed by atoms with Crippen LogP contribution in [0.4, 0.5) is 11.6 Å². The van der Waals surface area contributed by atoms with E-state index in [2.05, 4.69) is 44.6 Å². The summed E-state index contributed by atoms with van der Waals surface area (Å²) in [6.45, 7) is 15.3. The number of aliphatic carboxylic acids is 1. The van der Waals surface area contributed by atoms with E-state index in [9.17, 15) is 14.7 Å². The lowest BCUT2D eigenvalue weighted by molar-refractivity contribution is -0.160. The predicted octanol–water partition coefficient (Wildman–Crippen LogP) is 5.97. The van der Waals surface area contributed by atoms with Crippen molar-refractivity contribution in [1.29, 1.82) is 0 Å². The van der Waals surface area contributed by atoms with Gasteiger partial charge in [-0.2, -0.15) is 0 Å². The molecular formula is C34H41N5O5. The summed E-state index contributed by atoms with van der Waals surface area (Å²) in [5, 5.41) is 11.5. The van der Waals surface area contributed by atoms with Crippen LogP contribution < -0.4 is 9.64 Å². The van der Waals surface area contributed by atoms with E-state index >= 15 is 0 Å². The summed E-state index contributed by atoms with van der Waals surface area (Å²) in [6, 6.07) is 10.3. The van der Waals surface area contributed by atoms with E-state index < -0.39 is 17.7 Å². The predicted molar refractivity (Wildman–Crippen MR) is 171 cm³/mol. The van der Waals surface area contributed by atoms with Gasteiger partial charge in [-0.05, 0) is 64.3 Å². The number of carbonyl (C=O) groups excluding carboxylic acids is 1. The molecule has 0 saturated carbocycles. The second-order valence-electron chi connectivity index (χ2n) is 12.4. The number of hydrogen-bond acceptors (Lipinski definition) is 7.